The summed E-state index contributed by atoms with van der Waals surface area (Å²) in [6, 6.07) is 9.96. The van der Waals surface area contributed by atoms with Gasteiger partial charge in [0.25, 0.3) is 0 Å². The van der Waals surface area contributed by atoms with Gasteiger partial charge in [0.2, 0.25) is 0 Å². The Balaban J connectivity index is 1.93. The number of hydrogen-bond donors (Lipinski definition) is 2. The van der Waals surface area contributed by atoms with E-state index in [1.807, 2.05) is 42.7 Å². The SMILES string of the molecule is Cc1cnccc1CNCc1ccccc1N. The molecule has 0 aliphatic heterocycles. The number of para-hydroxylation sites is 1. The maximum Gasteiger partial charge on any atom is 0.0359 e. The molecule has 0 radical (unpaired) electrons. The summed E-state index contributed by atoms with van der Waals surface area (Å²) < 4.78 is 0. The molecule has 3 N–H and O–H groups in total. The number of rotatable bonds is 4. The minimum absolute atomic E-state index is 0.786. The number of hydrogen-bond acceptors (Lipinski definition) is 3. The van der Waals surface area contributed by atoms with Gasteiger partial charge in [-0.15, -0.1) is 0 Å². The normalized spacial score (nSPS) is 10.4. The molecule has 17 heavy (non-hydrogen) atoms. The fourth-order valence-electron chi connectivity index (χ4n) is 1.73. The van der Waals surface area contributed by atoms with Crippen molar-refractivity contribution < 1.29 is 0 Å². The van der Waals surface area contributed by atoms with E-state index in [9.17, 15) is 0 Å². The highest BCUT2D eigenvalue weighted by Crippen LogP contribution is 2.10. The molecule has 0 bridgehead atoms. The van der Waals surface area contributed by atoms with Gasteiger partial charge in [0.1, 0.15) is 0 Å². The lowest BCUT2D eigenvalue weighted by Crippen LogP contribution is -2.14. The molecule has 3 nitrogen and oxygen atoms in total. The average Bonchev–Trinajstić information content (AvgIpc) is 2.34. The number of anilines is 1. The van der Waals surface area contributed by atoms with Gasteiger partial charge in [0.05, 0.1) is 0 Å². The summed E-state index contributed by atoms with van der Waals surface area (Å²) >= 11 is 0. The summed E-state index contributed by atoms with van der Waals surface area (Å²) in [6.07, 6.45) is 3.70. The summed E-state index contributed by atoms with van der Waals surface area (Å²) in [7, 11) is 0. The average molecular weight is 227 g/mol. The standard InChI is InChI=1S/C14H17N3/c1-11-8-16-7-6-12(11)9-17-10-13-4-2-3-5-14(13)15/h2-8,17H,9-10,15H2,1H3. The van der Waals surface area contributed by atoms with Crippen LogP contribution in [0.3, 0.4) is 0 Å². The topological polar surface area (TPSA) is 50.9 Å². The Kier molecular flexibility index (Phi) is 3.73. The van der Waals surface area contributed by atoms with E-state index in [4.69, 9.17) is 5.73 Å². The maximum absolute atomic E-state index is 5.88. The van der Waals surface area contributed by atoms with E-state index in [-0.39, 0.29) is 0 Å². The lowest BCUT2D eigenvalue weighted by Gasteiger charge is -2.08. The van der Waals surface area contributed by atoms with Crippen molar-refractivity contribution >= 4 is 5.69 Å². The lowest BCUT2D eigenvalue weighted by molar-refractivity contribution is 0.691. The van der Waals surface area contributed by atoms with Crippen LogP contribution in [0.5, 0.6) is 0 Å². The van der Waals surface area contributed by atoms with Crippen LogP contribution in [0.25, 0.3) is 0 Å². The molecule has 0 amide bonds. The second kappa shape index (κ2) is 5.46. The number of pyridine rings is 1. The van der Waals surface area contributed by atoms with Gasteiger partial charge in [-0.1, -0.05) is 18.2 Å². The summed E-state index contributed by atoms with van der Waals surface area (Å²) in [6.45, 7) is 3.69. The molecule has 1 heterocycles. The Morgan fingerprint density at radius 2 is 1.88 bits per heavy atom. The minimum atomic E-state index is 0.786. The number of benzene rings is 1. The highest BCUT2D eigenvalue weighted by molar-refractivity contribution is 5.46. The van der Waals surface area contributed by atoms with E-state index < -0.39 is 0 Å². The molecule has 0 saturated heterocycles. The maximum atomic E-state index is 5.88. The van der Waals surface area contributed by atoms with Crippen LogP contribution in [0.1, 0.15) is 16.7 Å². The Bertz CT molecular complexity index is 449. The quantitative estimate of drug-likeness (QED) is 0.788. The van der Waals surface area contributed by atoms with Crippen LogP contribution in [-0.2, 0) is 13.1 Å². The third kappa shape index (κ3) is 3.04. The van der Waals surface area contributed by atoms with E-state index >= 15 is 0 Å². The lowest BCUT2D eigenvalue weighted by atomic mass is 10.1. The second-order valence-electron chi connectivity index (χ2n) is 4.10. The molecule has 0 aliphatic rings. The first kappa shape index (κ1) is 11.6. The molecule has 0 atom stereocenters. The third-order valence-corrected chi connectivity index (χ3v) is 2.82. The van der Waals surface area contributed by atoms with Gasteiger partial charge in [-0.3, -0.25) is 4.98 Å². The number of aromatic nitrogens is 1. The van der Waals surface area contributed by atoms with E-state index in [1.165, 1.54) is 11.1 Å². The number of nitrogens with two attached hydrogens (primary N) is 1. The van der Waals surface area contributed by atoms with Crippen LogP contribution in [0.2, 0.25) is 0 Å². The van der Waals surface area contributed by atoms with Gasteiger partial charge in [-0.2, -0.15) is 0 Å². The molecular weight excluding hydrogens is 210 g/mol. The molecule has 1 aromatic heterocycles. The van der Waals surface area contributed by atoms with E-state index in [1.54, 1.807) is 0 Å². The summed E-state index contributed by atoms with van der Waals surface area (Å²) in [4.78, 5) is 4.08. The Labute approximate surface area is 102 Å². The molecule has 2 rings (SSSR count). The second-order valence-corrected chi connectivity index (χ2v) is 4.10. The third-order valence-electron chi connectivity index (χ3n) is 2.82. The van der Waals surface area contributed by atoms with Crippen molar-refractivity contribution in [2.75, 3.05) is 5.73 Å². The van der Waals surface area contributed by atoms with Gasteiger partial charge in [0.15, 0.2) is 0 Å². The van der Waals surface area contributed by atoms with Gasteiger partial charge in [-0.25, -0.2) is 0 Å². The zero-order chi connectivity index (χ0) is 12.1. The van der Waals surface area contributed by atoms with Crippen molar-refractivity contribution in [3.63, 3.8) is 0 Å². The molecule has 2 aromatic rings. The molecule has 3 heteroatoms. The molecule has 0 fully saturated rings. The first-order valence-corrected chi connectivity index (χ1v) is 5.71. The summed E-state index contributed by atoms with van der Waals surface area (Å²) in [5, 5.41) is 3.39. The zero-order valence-corrected chi connectivity index (χ0v) is 9.98. The Morgan fingerprint density at radius 3 is 2.65 bits per heavy atom. The smallest absolute Gasteiger partial charge is 0.0359 e. The van der Waals surface area contributed by atoms with Crippen LogP contribution in [-0.4, -0.2) is 4.98 Å². The van der Waals surface area contributed by atoms with Crippen molar-refractivity contribution in [2.45, 2.75) is 20.0 Å². The van der Waals surface area contributed by atoms with Crippen LogP contribution >= 0.6 is 0 Å². The van der Waals surface area contributed by atoms with Crippen LogP contribution in [0.15, 0.2) is 42.7 Å². The first-order chi connectivity index (χ1) is 8.27. The van der Waals surface area contributed by atoms with Crippen molar-refractivity contribution in [2.24, 2.45) is 0 Å². The monoisotopic (exact) mass is 227 g/mol. The highest BCUT2D eigenvalue weighted by atomic mass is 14.9. The number of nitrogens with one attached hydrogen (secondary N) is 1. The molecule has 88 valence electrons. The molecular formula is C14H17N3. The fraction of sp³-hybridized carbons (Fsp3) is 0.214. The predicted octanol–water partition coefficient (Wildman–Crippen LogP) is 2.26. The largest absolute Gasteiger partial charge is 0.398 e. The molecule has 0 saturated carbocycles. The number of nitrogens with zero attached hydrogens (tertiary/aromatic N) is 1. The van der Waals surface area contributed by atoms with Crippen LogP contribution in [0, 0.1) is 6.92 Å². The Hall–Kier alpha value is -1.87. The van der Waals surface area contributed by atoms with E-state index in [0.717, 1.165) is 24.3 Å². The first-order valence-electron chi connectivity index (χ1n) is 5.71. The predicted molar refractivity (Wildman–Crippen MR) is 70.4 cm³/mol. The summed E-state index contributed by atoms with van der Waals surface area (Å²) in [5.41, 5.74) is 10.3. The van der Waals surface area contributed by atoms with Crippen molar-refractivity contribution in [3.05, 3.63) is 59.4 Å². The van der Waals surface area contributed by atoms with Gasteiger partial charge >= 0.3 is 0 Å². The minimum Gasteiger partial charge on any atom is -0.398 e. The van der Waals surface area contributed by atoms with Crippen LogP contribution < -0.4 is 11.1 Å². The van der Waals surface area contributed by atoms with Gasteiger partial charge < -0.3 is 11.1 Å². The van der Waals surface area contributed by atoms with Gasteiger partial charge in [0, 0.05) is 31.2 Å². The van der Waals surface area contributed by atoms with E-state index in [2.05, 4.69) is 17.2 Å². The number of aryl methyl sites for hydroxylation is 1. The molecule has 0 unspecified atom stereocenters. The zero-order valence-electron chi connectivity index (χ0n) is 9.98. The fourth-order valence-corrected chi connectivity index (χ4v) is 1.73. The van der Waals surface area contributed by atoms with Crippen molar-refractivity contribution in [3.8, 4) is 0 Å². The van der Waals surface area contributed by atoms with E-state index in [0.29, 0.717) is 0 Å². The van der Waals surface area contributed by atoms with Crippen LogP contribution in [0.4, 0.5) is 5.69 Å². The van der Waals surface area contributed by atoms with Crippen molar-refractivity contribution in [1.29, 1.82) is 0 Å². The Morgan fingerprint density at radius 1 is 1.12 bits per heavy atom. The molecule has 0 spiro atoms. The molecule has 0 aliphatic carbocycles. The molecule has 1 aromatic carbocycles. The van der Waals surface area contributed by atoms with Gasteiger partial charge in [-0.05, 0) is 35.7 Å². The van der Waals surface area contributed by atoms with Crippen molar-refractivity contribution in [1.82, 2.24) is 10.3 Å². The number of nitrogen functional groups attached to an aromatic ring is 1. The highest BCUT2D eigenvalue weighted by Gasteiger charge is 1.99. The summed E-state index contributed by atoms with van der Waals surface area (Å²) in [5.74, 6) is 0.